The predicted octanol–water partition coefficient (Wildman–Crippen LogP) is 2.69. The molecule has 0 saturated carbocycles. The van der Waals surface area contributed by atoms with Gasteiger partial charge in [-0.25, -0.2) is 0 Å². The molecule has 1 aromatic heterocycles. The summed E-state index contributed by atoms with van der Waals surface area (Å²) < 4.78 is 0. The normalized spacial score (nSPS) is 10.7. The molecule has 0 aliphatic rings. The number of allylic oxidation sites excluding steroid dienone is 1. The van der Waals surface area contributed by atoms with Crippen LogP contribution in [0.1, 0.15) is 17.2 Å². The SMILES string of the molecule is N#CC(C#N)=CN[C@@H](c1ccccc1)c1ccncc1. The summed E-state index contributed by atoms with van der Waals surface area (Å²) in [6, 6.07) is 17.2. The Balaban J connectivity index is 2.34. The van der Waals surface area contributed by atoms with Gasteiger partial charge in [0.05, 0.1) is 6.04 Å². The number of benzene rings is 1. The molecule has 4 heteroatoms. The van der Waals surface area contributed by atoms with Crippen molar-refractivity contribution in [3.63, 3.8) is 0 Å². The van der Waals surface area contributed by atoms with E-state index in [1.54, 1.807) is 12.4 Å². The molecule has 0 spiro atoms. The maximum atomic E-state index is 8.79. The van der Waals surface area contributed by atoms with Gasteiger partial charge in [0.1, 0.15) is 17.7 Å². The Morgan fingerprint density at radius 2 is 1.60 bits per heavy atom. The highest BCUT2D eigenvalue weighted by Gasteiger charge is 2.12. The zero-order chi connectivity index (χ0) is 14.2. The molecule has 0 amide bonds. The van der Waals surface area contributed by atoms with Crippen LogP contribution in [0.2, 0.25) is 0 Å². The Bertz CT molecular complexity index is 608. The highest BCUT2D eigenvalue weighted by atomic mass is 14.9. The Morgan fingerprint density at radius 1 is 1.00 bits per heavy atom. The molecule has 4 nitrogen and oxygen atoms in total. The molecular formula is C16H12N4. The van der Waals surface area contributed by atoms with Crippen molar-refractivity contribution in [1.29, 1.82) is 10.5 Å². The van der Waals surface area contributed by atoms with E-state index in [2.05, 4.69) is 10.3 Å². The lowest BCUT2D eigenvalue weighted by molar-refractivity contribution is 0.726. The molecule has 1 N–H and O–H groups in total. The minimum absolute atomic E-state index is 0.0417. The number of pyridine rings is 1. The summed E-state index contributed by atoms with van der Waals surface area (Å²) in [5.74, 6) is 0. The van der Waals surface area contributed by atoms with Gasteiger partial charge in [-0.1, -0.05) is 30.3 Å². The molecule has 1 atom stereocenters. The van der Waals surface area contributed by atoms with E-state index < -0.39 is 0 Å². The summed E-state index contributed by atoms with van der Waals surface area (Å²) >= 11 is 0. The maximum Gasteiger partial charge on any atom is 0.145 e. The second kappa shape index (κ2) is 6.72. The van der Waals surface area contributed by atoms with Crippen molar-refractivity contribution in [2.45, 2.75) is 6.04 Å². The quantitative estimate of drug-likeness (QED) is 0.858. The molecule has 0 fully saturated rings. The molecule has 0 aliphatic carbocycles. The first-order valence-electron chi connectivity index (χ1n) is 6.06. The second-order valence-corrected chi connectivity index (χ2v) is 4.07. The molecule has 0 radical (unpaired) electrons. The van der Waals surface area contributed by atoms with E-state index in [1.165, 1.54) is 6.20 Å². The largest absolute Gasteiger partial charge is 0.378 e. The molecule has 1 heterocycles. The molecule has 1 aromatic carbocycles. The second-order valence-electron chi connectivity index (χ2n) is 4.07. The van der Waals surface area contributed by atoms with E-state index in [0.29, 0.717) is 0 Å². The fourth-order valence-corrected chi connectivity index (χ4v) is 1.84. The van der Waals surface area contributed by atoms with Crippen molar-refractivity contribution in [3.8, 4) is 12.1 Å². The first-order valence-corrected chi connectivity index (χ1v) is 6.06. The van der Waals surface area contributed by atoms with Crippen LogP contribution in [-0.4, -0.2) is 4.98 Å². The van der Waals surface area contributed by atoms with E-state index in [1.807, 2.05) is 54.6 Å². The molecule has 0 unspecified atom stereocenters. The van der Waals surface area contributed by atoms with Crippen LogP contribution in [-0.2, 0) is 0 Å². The van der Waals surface area contributed by atoms with E-state index in [0.717, 1.165) is 11.1 Å². The number of nitrogens with one attached hydrogen (secondary N) is 1. The lowest BCUT2D eigenvalue weighted by Crippen LogP contribution is -2.17. The Labute approximate surface area is 117 Å². The summed E-state index contributed by atoms with van der Waals surface area (Å²) in [6.45, 7) is 0. The lowest BCUT2D eigenvalue weighted by atomic mass is 10.00. The van der Waals surface area contributed by atoms with E-state index in [4.69, 9.17) is 10.5 Å². The van der Waals surface area contributed by atoms with Crippen LogP contribution in [0.25, 0.3) is 0 Å². The Hall–Kier alpha value is -3.11. The van der Waals surface area contributed by atoms with Crippen LogP contribution in [0.5, 0.6) is 0 Å². The summed E-state index contributed by atoms with van der Waals surface area (Å²) in [7, 11) is 0. The van der Waals surface area contributed by atoms with Gasteiger partial charge in [-0.15, -0.1) is 0 Å². The van der Waals surface area contributed by atoms with Gasteiger partial charge in [-0.05, 0) is 23.3 Å². The number of nitriles is 2. The molecular weight excluding hydrogens is 248 g/mol. The molecule has 0 bridgehead atoms. The van der Waals surface area contributed by atoms with Crippen LogP contribution in [0.15, 0.2) is 66.6 Å². The van der Waals surface area contributed by atoms with E-state index in [-0.39, 0.29) is 11.6 Å². The zero-order valence-electron chi connectivity index (χ0n) is 10.7. The molecule has 96 valence electrons. The van der Waals surface area contributed by atoms with Gasteiger partial charge in [0, 0.05) is 18.6 Å². The lowest BCUT2D eigenvalue weighted by Gasteiger charge is -2.18. The van der Waals surface area contributed by atoms with Gasteiger partial charge < -0.3 is 5.32 Å². The van der Waals surface area contributed by atoms with Gasteiger partial charge in [0.2, 0.25) is 0 Å². The van der Waals surface area contributed by atoms with E-state index >= 15 is 0 Å². The monoisotopic (exact) mass is 260 g/mol. The first kappa shape index (κ1) is 13.3. The average molecular weight is 260 g/mol. The highest BCUT2D eigenvalue weighted by Crippen LogP contribution is 2.21. The van der Waals surface area contributed by atoms with Gasteiger partial charge in [0.15, 0.2) is 0 Å². The minimum atomic E-state index is -0.129. The third kappa shape index (κ3) is 3.22. The minimum Gasteiger partial charge on any atom is -0.378 e. The molecule has 2 aromatic rings. The fraction of sp³-hybridized carbons (Fsp3) is 0.0625. The fourth-order valence-electron chi connectivity index (χ4n) is 1.84. The van der Waals surface area contributed by atoms with Crippen LogP contribution < -0.4 is 5.32 Å². The van der Waals surface area contributed by atoms with E-state index in [9.17, 15) is 0 Å². The third-order valence-corrected chi connectivity index (χ3v) is 2.81. The van der Waals surface area contributed by atoms with Crippen molar-refractivity contribution in [2.24, 2.45) is 0 Å². The highest BCUT2D eigenvalue weighted by molar-refractivity contribution is 5.36. The Morgan fingerprint density at radius 3 is 2.20 bits per heavy atom. The van der Waals surface area contributed by atoms with Gasteiger partial charge in [-0.2, -0.15) is 10.5 Å². The number of rotatable bonds is 4. The van der Waals surface area contributed by atoms with Crippen LogP contribution in [0, 0.1) is 22.7 Å². The predicted molar refractivity (Wildman–Crippen MR) is 75.0 cm³/mol. The zero-order valence-corrected chi connectivity index (χ0v) is 10.7. The topological polar surface area (TPSA) is 72.5 Å². The average Bonchev–Trinajstić information content (AvgIpc) is 2.53. The molecule has 0 saturated heterocycles. The molecule has 2 rings (SSSR count). The third-order valence-electron chi connectivity index (χ3n) is 2.81. The summed E-state index contributed by atoms with van der Waals surface area (Å²) in [5.41, 5.74) is 2.10. The number of nitrogens with zero attached hydrogens (tertiary/aromatic N) is 3. The summed E-state index contributed by atoms with van der Waals surface area (Å²) in [4.78, 5) is 4.00. The van der Waals surface area contributed by atoms with Crippen LogP contribution >= 0.6 is 0 Å². The maximum absolute atomic E-state index is 8.79. The summed E-state index contributed by atoms with van der Waals surface area (Å²) in [5, 5.41) is 20.7. The summed E-state index contributed by atoms with van der Waals surface area (Å²) in [6.07, 6.45) is 4.87. The van der Waals surface area contributed by atoms with Gasteiger partial charge in [0.25, 0.3) is 0 Å². The van der Waals surface area contributed by atoms with Crippen molar-refractivity contribution < 1.29 is 0 Å². The van der Waals surface area contributed by atoms with Crippen LogP contribution in [0.3, 0.4) is 0 Å². The first-order chi connectivity index (χ1) is 9.85. The van der Waals surface area contributed by atoms with Crippen LogP contribution in [0.4, 0.5) is 0 Å². The standard InChI is InChI=1S/C16H12N4/c17-10-13(11-18)12-20-16(14-4-2-1-3-5-14)15-6-8-19-9-7-15/h1-9,12,16,20H/t16-/m0/s1. The van der Waals surface area contributed by atoms with Crippen molar-refractivity contribution >= 4 is 0 Å². The number of hydrogen-bond donors (Lipinski definition) is 1. The van der Waals surface area contributed by atoms with Crippen molar-refractivity contribution in [3.05, 3.63) is 77.8 Å². The van der Waals surface area contributed by atoms with Gasteiger partial charge >= 0.3 is 0 Å². The smallest absolute Gasteiger partial charge is 0.145 e. The van der Waals surface area contributed by atoms with Crippen molar-refractivity contribution in [2.75, 3.05) is 0 Å². The molecule has 20 heavy (non-hydrogen) atoms. The number of aromatic nitrogens is 1. The number of hydrogen-bond acceptors (Lipinski definition) is 4. The Kier molecular flexibility index (Phi) is 4.48. The molecule has 0 aliphatic heterocycles. The van der Waals surface area contributed by atoms with Crippen molar-refractivity contribution in [1.82, 2.24) is 10.3 Å². The van der Waals surface area contributed by atoms with Gasteiger partial charge in [-0.3, -0.25) is 4.98 Å².